The average molecular weight is 539 g/mol. The molecule has 2 aromatic rings. The SMILES string of the molecule is CCOP(=O)(OCC)C(NC(=S)/N=C\c1ccc(O)c(C(=O)OC)c1)c1ccc(O)c(C(=O)OC)c1. The third-order valence-electron chi connectivity index (χ3n) is 4.69. The quantitative estimate of drug-likeness (QED) is 0.175. The molecule has 0 amide bonds. The second-order valence-corrected chi connectivity index (χ2v) is 9.52. The zero-order valence-corrected chi connectivity index (χ0v) is 21.8. The van der Waals surface area contributed by atoms with Crippen molar-refractivity contribution < 1.29 is 42.9 Å². The van der Waals surface area contributed by atoms with E-state index in [0.29, 0.717) is 5.56 Å². The molecule has 13 heteroatoms. The Morgan fingerprint density at radius 3 is 2.06 bits per heavy atom. The fourth-order valence-corrected chi connectivity index (χ4v) is 5.24. The number of hydrogen-bond acceptors (Lipinski definition) is 10. The van der Waals surface area contributed by atoms with Crippen LogP contribution in [-0.2, 0) is 23.1 Å². The van der Waals surface area contributed by atoms with Crippen LogP contribution in [0, 0.1) is 0 Å². The number of hydrogen-bond donors (Lipinski definition) is 3. The fraction of sp³-hybridized carbons (Fsp3) is 0.304. The lowest BCUT2D eigenvalue weighted by molar-refractivity contribution is 0.0588. The number of rotatable bonds is 10. The van der Waals surface area contributed by atoms with E-state index in [9.17, 15) is 24.4 Å². The van der Waals surface area contributed by atoms with Crippen LogP contribution in [0.1, 0.15) is 51.5 Å². The minimum atomic E-state index is -3.91. The summed E-state index contributed by atoms with van der Waals surface area (Å²) in [6.07, 6.45) is 1.32. The lowest BCUT2D eigenvalue weighted by atomic mass is 10.1. The van der Waals surface area contributed by atoms with E-state index >= 15 is 0 Å². The highest BCUT2D eigenvalue weighted by Gasteiger charge is 2.38. The third-order valence-corrected chi connectivity index (χ3v) is 7.21. The van der Waals surface area contributed by atoms with E-state index in [1.807, 2.05) is 0 Å². The van der Waals surface area contributed by atoms with Crippen molar-refractivity contribution in [1.29, 1.82) is 0 Å². The number of carbonyl (C=O) groups is 2. The van der Waals surface area contributed by atoms with E-state index in [2.05, 4.69) is 15.0 Å². The van der Waals surface area contributed by atoms with Gasteiger partial charge in [-0.25, -0.2) is 14.6 Å². The number of esters is 2. The van der Waals surface area contributed by atoms with Crippen LogP contribution in [0.5, 0.6) is 11.5 Å². The van der Waals surface area contributed by atoms with Crippen LogP contribution in [0.4, 0.5) is 0 Å². The van der Waals surface area contributed by atoms with Crippen molar-refractivity contribution in [2.75, 3.05) is 27.4 Å². The number of nitrogens with zero attached hydrogens (tertiary/aromatic N) is 1. The molecule has 0 spiro atoms. The zero-order chi connectivity index (χ0) is 26.9. The first kappa shape index (κ1) is 28.9. The van der Waals surface area contributed by atoms with Crippen LogP contribution < -0.4 is 5.32 Å². The first-order valence-electron chi connectivity index (χ1n) is 10.7. The summed E-state index contributed by atoms with van der Waals surface area (Å²) in [6, 6.07) is 8.13. The number of aliphatic imine (C=N–C) groups is 1. The monoisotopic (exact) mass is 538 g/mol. The first-order valence-corrected chi connectivity index (χ1v) is 12.7. The first-order chi connectivity index (χ1) is 17.1. The summed E-state index contributed by atoms with van der Waals surface area (Å²) in [7, 11) is -1.56. The number of methoxy groups -OCH3 is 2. The van der Waals surface area contributed by atoms with Crippen molar-refractivity contribution in [3.05, 3.63) is 58.7 Å². The summed E-state index contributed by atoms with van der Waals surface area (Å²) in [5.41, 5.74) is 0.461. The van der Waals surface area contributed by atoms with Gasteiger partial charge in [0.15, 0.2) is 10.9 Å². The molecule has 0 aliphatic rings. The number of carbonyl (C=O) groups excluding carboxylic acids is 2. The van der Waals surface area contributed by atoms with E-state index in [1.165, 1.54) is 49.7 Å². The van der Waals surface area contributed by atoms with Gasteiger partial charge >= 0.3 is 19.5 Å². The maximum atomic E-state index is 13.7. The number of aromatic hydroxyl groups is 2. The highest BCUT2D eigenvalue weighted by Crippen LogP contribution is 2.59. The Balaban J connectivity index is 2.44. The van der Waals surface area contributed by atoms with Crippen molar-refractivity contribution in [3.8, 4) is 11.5 Å². The summed E-state index contributed by atoms with van der Waals surface area (Å²) in [5.74, 6) is -3.32. The molecule has 0 aromatic heterocycles. The summed E-state index contributed by atoms with van der Waals surface area (Å²) >= 11 is 5.31. The van der Waals surface area contributed by atoms with Crippen LogP contribution in [0.2, 0.25) is 0 Å². The molecule has 0 aliphatic carbocycles. The molecule has 3 N–H and O–H groups in total. The second kappa shape index (κ2) is 13.1. The minimum absolute atomic E-state index is 0.0528. The van der Waals surface area contributed by atoms with Crippen molar-refractivity contribution in [1.82, 2.24) is 5.32 Å². The topological polar surface area (TPSA) is 153 Å². The summed E-state index contributed by atoms with van der Waals surface area (Å²) in [5, 5.41) is 22.6. The van der Waals surface area contributed by atoms with Crippen molar-refractivity contribution in [2.45, 2.75) is 19.6 Å². The summed E-state index contributed by atoms with van der Waals surface area (Å²) in [4.78, 5) is 28.0. The van der Waals surface area contributed by atoms with Crippen molar-refractivity contribution in [3.63, 3.8) is 0 Å². The van der Waals surface area contributed by atoms with Crippen molar-refractivity contribution >= 4 is 43.1 Å². The van der Waals surface area contributed by atoms with Gasteiger partial charge < -0.3 is 34.1 Å². The highest BCUT2D eigenvalue weighted by molar-refractivity contribution is 7.80. The highest BCUT2D eigenvalue weighted by atomic mass is 32.1. The number of ether oxygens (including phenoxy) is 2. The molecule has 1 atom stereocenters. The summed E-state index contributed by atoms with van der Waals surface area (Å²) < 4.78 is 34.0. The van der Waals surface area contributed by atoms with Gasteiger partial charge in [0.25, 0.3) is 0 Å². The van der Waals surface area contributed by atoms with E-state index in [-0.39, 0.29) is 46.5 Å². The zero-order valence-electron chi connectivity index (χ0n) is 20.1. The van der Waals surface area contributed by atoms with Crippen LogP contribution in [0.25, 0.3) is 0 Å². The number of phenolic OH excluding ortho intramolecular Hbond substituents is 2. The molecule has 0 saturated heterocycles. The van der Waals surface area contributed by atoms with Gasteiger partial charge in [-0.3, -0.25) is 4.57 Å². The van der Waals surface area contributed by atoms with Gasteiger partial charge in [0, 0.05) is 6.21 Å². The van der Waals surface area contributed by atoms with Crippen molar-refractivity contribution in [2.24, 2.45) is 4.99 Å². The Morgan fingerprint density at radius 1 is 1.00 bits per heavy atom. The van der Waals surface area contributed by atoms with Gasteiger partial charge in [0.05, 0.1) is 27.4 Å². The third kappa shape index (κ3) is 7.11. The smallest absolute Gasteiger partial charge is 0.357 e. The minimum Gasteiger partial charge on any atom is -0.507 e. The summed E-state index contributed by atoms with van der Waals surface area (Å²) in [6.45, 7) is 3.38. The Morgan fingerprint density at radius 2 is 1.53 bits per heavy atom. The van der Waals surface area contributed by atoms with Gasteiger partial charge in [0.1, 0.15) is 22.6 Å². The standard InChI is InChI=1S/C23H27N2O9PS/c1-5-33-35(30,34-6-2)20(15-8-10-19(27)17(12-15)22(29)32-4)25-23(36)24-13-14-7-9-18(26)16(11-14)21(28)31-3/h7-13,20,26-27H,5-6H2,1-4H3,(H,25,36)/b24-13-. The maximum absolute atomic E-state index is 13.7. The lowest BCUT2D eigenvalue weighted by Gasteiger charge is -2.27. The Labute approximate surface area is 213 Å². The van der Waals surface area contributed by atoms with E-state index in [1.54, 1.807) is 13.8 Å². The average Bonchev–Trinajstić information content (AvgIpc) is 2.86. The molecule has 0 fully saturated rings. The van der Waals surface area contributed by atoms with Crippen LogP contribution >= 0.6 is 19.8 Å². The molecule has 11 nitrogen and oxygen atoms in total. The molecule has 36 heavy (non-hydrogen) atoms. The molecule has 0 radical (unpaired) electrons. The van der Waals surface area contributed by atoms with E-state index < -0.39 is 25.3 Å². The number of benzene rings is 2. The van der Waals surface area contributed by atoms with E-state index in [0.717, 1.165) is 7.11 Å². The number of nitrogens with one attached hydrogen (secondary N) is 1. The molecule has 2 aromatic carbocycles. The van der Waals surface area contributed by atoms with Crippen LogP contribution in [-0.4, -0.2) is 60.9 Å². The molecule has 1 unspecified atom stereocenters. The van der Waals surface area contributed by atoms with Gasteiger partial charge in [-0.05, 0) is 67.5 Å². The second-order valence-electron chi connectivity index (χ2n) is 7.02. The van der Waals surface area contributed by atoms with Gasteiger partial charge in [-0.1, -0.05) is 6.07 Å². The number of thiocarbonyl (C=S) groups is 1. The maximum Gasteiger partial charge on any atom is 0.357 e. The van der Waals surface area contributed by atoms with Gasteiger partial charge in [-0.15, -0.1) is 0 Å². The van der Waals surface area contributed by atoms with Gasteiger partial charge in [-0.2, -0.15) is 0 Å². The molecule has 0 bridgehead atoms. The normalized spacial score (nSPS) is 12.2. The molecule has 0 saturated carbocycles. The predicted octanol–water partition coefficient (Wildman–Crippen LogP) is 3.93. The molecular formula is C23H27N2O9PS. The van der Waals surface area contributed by atoms with Crippen LogP contribution in [0.15, 0.2) is 41.4 Å². The molecule has 194 valence electrons. The fourth-order valence-electron chi connectivity index (χ4n) is 3.08. The molecule has 0 heterocycles. The largest absolute Gasteiger partial charge is 0.507 e. The van der Waals surface area contributed by atoms with Crippen LogP contribution in [0.3, 0.4) is 0 Å². The predicted molar refractivity (Wildman–Crippen MR) is 136 cm³/mol. The number of phenols is 2. The Kier molecular flexibility index (Phi) is 10.5. The molecular weight excluding hydrogens is 511 g/mol. The Hall–Kier alpha value is -3.31. The Bertz CT molecular complexity index is 1190. The molecule has 0 aliphatic heterocycles. The molecule has 2 rings (SSSR count). The lowest BCUT2D eigenvalue weighted by Crippen LogP contribution is -2.27. The van der Waals surface area contributed by atoms with E-state index in [4.69, 9.17) is 26.0 Å². The van der Waals surface area contributed by atoms with Gasteiger partial charge in [0.2, 0.25) is 0 Å².